The van der Waals surface area contributed by atoms with Gasteiger partial charge in [-0.25, -0.2) is 8.42 Å². The zero-order valence-electron chi connectivity index (χ0n) is 16.2. The van der Waals surface area contributed by atoms with Gasteiger partial charge in [0.25, 0.3) is 0 Å². The lowest BCUT2D eigenvalue weighted by Crippen LogP contribution is -2.30. The van der Waals surface area contributed by atoms with Gasteiger partial charge < -0.3 is 5.32 Å². The lowest BCUT2D eigenvalue weighted by atomic mass is 10.1. The second-order valence-electron chi connectivity index (χ2n) is 6.29. The molecule has 0 unspecified atom stereocenters. The predicted molar refractivity (Wildman–Crippen MR) is 109 cm³/mol. The summed E-state index contributed by atoms with van der Waals surface area (Å²) < 4.78 is 26.4. The summed E-state index contributed by atoms with van der Waals surface area (Å²) in [6.45, 7) is 6.59. The first-order chi connectivity index (χ1) is 12.9. The molecule has 2 aromatic carbocycles. The van der Waals surface area contributed by atoms with Crippen LogP contribution in [0.1, 0.15) is 38.3 Å². The van der Waals surface area contributed by atoms with Crippen molar-refractivity contribution >= 4 is 21.6 Å². The molecule has 0 saturated carbocycles. The molecule has 1 amide bonds. The van der Waals surface area contributed by atoms with Crippen molar-refractivity contribution in [2.45, 2.75) is 44.9 Å². The number of para-hydroxylation sites is 1. The van der Waals surface area contributed by atoms with Gasteiger partial charge in [0.1, 0.15) is 0 Å². The molecule has 0 spiro atoms. The van der Waals surface area contributed by atoms with Crippen LogP contribution in [-0.4, -0.2) is 31.7 Å². The Balaban J connectivity index is 1.98. The van der Waals surface area contributed by atoms with E-state index in [-0.39, 0.29) is 10.8 Å². The third-order valence-electron chi connectivity index (χ3n) is 4.58. The zero-order chi connectivity index (χ0) is 19.9. The number of nitrogens with one attached hydrogen (secondary N) is 1. The van der Waals surface area contributed by atoms with Crippen molar-refractivity contribution in [2.75, 3.05) is 18.4 Å². The molecule has 0 aliphatic carbocycles. The van der Waals surface area contributed by atoms with Gasteiger partial charge in [0.05, 0.1) is 4.90 Å². The molecule has 0 atom stereocenters. The highest BCUT2D eigenvalue weighted by Crippen LogP contribution is 2.18. The summed E-state index contributed by atoms with van der Waals surface area (Å²) >= 11 is 0. The molecule has 2 aromatic rings. The van der Waals surface area contributed by atoms with E-state index in [1.807, 2.05) is 38.1 Å². The summed E-state index contributed by atoms with van der Waals surface area (Å²) in [6, 6.07) is 14.6. The maximum Gasteiger partial charge on any atom is 0.243 e. The number of sulfonamides is 1. The number of hydrogen-bond donors (Lipinski definition) is 1. The van der Waals surface area contributed by atoms with Crippen LogP contribution in [0.5, 0.6) is 0 Å². The fraction of sp³-hybridized carbons (Fsp3) is 0.381. The number of rotatable bonds is 9. The third-order valence-corrected chi connectivity index (χ3v) is 6.64. The highest BCUT2D eigenvalue weighted by Gasteiger charge is 2.21. The van der Waals surface area contributed by atoms with Crippen LogP contribution in [0, 0.1) is 0 Å². The maximum absolute atomic E-state index is 12.5. The van der Waals surface area contributed by atoms with Gasteiger partial charge in [0, 0.05) is 25.2 Å². The van der Waals surface area contributed by atoms with Crippen LogP contribution in [0.4, 0.5) is 5.69 Å². The minimum absolute atomic E-state index is 0.0456. The SMILES string of the molecule is CCc1ccccc1NC(=O)CCc1ccc(S(=O)(=O)N(CC)CC)cc1. The van der Waals surface area contributed by atoms with Crippen LogP contribution in [0.15, 0.2) is 53.4 Å². The van der Waals surface area contributed by atoms with Crippen LogP contribution >= 0.6 is 0 Å². The van der Waals surface area contributed by atoms with E-state index < -0.39 is 10.0 Å². The molecule has 0 bridgehead atoms. The van der Waals surface area contributed by atoms with Crippen LogP contribution in [0.25, 0.3) is 0 Å². The molecule has 146 valence electrons. The van der Waals surface area contributed by atoms with E-state index in [2.05, 4.69) is 12.2 Å². The first-order valence-electron chi connectivity index (χ1n) is 9.39. The van der Waals surface area contributed by atoms with Crippen LogP contribution < -0.4 is 5.32 Å². The average Bonchev–Trinajstić information content (AvgIpc) is 2.68. The molecule has 0 aromatic heterocycles. The van der Waals surface area contributed by atoms with Gasteiger partial charge in [-0.1, -0.05) is 51.1 Å². The van der Waals surface area contributed by atoms with E-state index in [4.69, 9.17) is 0 Å². The zero-order valence-corrected chi connectivity index (χ0v) is 17.1. The number of nitrogens with zero attached hydrogens (tertiary/aromatic N) is 1. The van der Waals surface area contributed by atoms with Gasteiger partial charge in [-0.3, -0.25) is 4.79 Å². The molecule has 0 radical (unpaired) electrons. The molecular formula is C21H28N2O3S. The highest BCUT2D eigenvalue weighted by molar-refractivity contribution is 7.89. The molecule has 27 heavy (non-hydrogen) atoms. The summed E-state index contributed by atoms with van der Waals surface area (Å²) in [6.07, 6.45) is 1.77. The fourth-order valence-corrected chi connectivity index (χ4v) is 4.42. The van der Waals surface area contributed by atoms with Crippen LogP contribution in [0.3, 0.4) is 0 Å². The van der Waals surface area contributed by atoms with Crippen molar-refractivity contribution < 1.29 is 13.2 Å². The monoisotopic (exact) mass is 388 g/mol. The van der Waals surface area contributed by atoms with E-state index in [0.29, 0.717) is 25.9 Å². The lowest BCUT2D eigenvalue weighted by Gasteiger charge is -2.18. The molecule has 0 aliphatic heterocycles. The second-order valence-corrected chi connectivity index (χ2v) is 8.23. The smallest absolute Gasteiger partial charge is 0.243 e. The molecule has 6 heteroatoms. The minimum Gasteiger partial charge on any atom is -0.326 e. The average molecular weight is 389 g/mol. The Morgan fingerprint density at radius 1 is 0.963 bits per heavy atom. The van der Waals surface area contributed by atoms with Gasteiger partial charge in [0.2, 0.25) is 15.9 Å². The minimum atomic E-state index is -3.44. The van der Waals surface area contributed by atoms with Crippen molar-refractivity contribution in [2.24, 2.45) is 0 Å². The topological polar surface area (TPSA) is 66.5 Å². The lowest BCUT2D eigenvalue weighted by molar-refractivity contribution is -0.116. The molecule has 0 saturated heterocycles. The Hall–Kier alpha value is -2.18. The summed E-state index contributed by atoms with van der Waals surface area (Å²) in [4.78, 5) is 12.5. The predicted octanol–water partition coefficient (Wildman–Crippen LogP) is 3.85. The van der Waals surface area contributed by atoms with Crippen molar-refractivity contribution in [1.29, 1.82) is 0 Å². The van der Waals surface area contributed by atoms with E-state index in [1.165, 1.54) is 4.31 Å². The largest absolute Gasteiger partial charge is 0.326 e. The van der Waals surface area contributed by atoms with Gasteiger partial charge in [-0.05, 0) is 42.2 Å². The number of aryl methyl sites for hydroxylation is 2. The Morgan fingerprint density at radius 3 is 2.19 bits per heavy atom. The third kappa shape index (κ3) is 5.40. The van der Waals surface area contributed by atoms with Crippen molar-refractivity contribution in [3.8, 4) is 0 Å². The quantitative estimate of drug-likeness (QED) is 0.709. The van der Waals surface area contributed by atoms with Crippen molar-refractivity contribution in [3.63, 3.8) is 0 Å². The fourth-order valence-electron chi connectivity index (χ4n) is 2.96. The van der Waals surface area contributed by atoms with Crippen molar-refractivity contribution in [1.82, 2.24) is 4.31 Å². The molecule has 0 heterocycles. The van der Waals surface area contributed by atoms with Gasteiger partial charge >= 0.3 is 0 Å². The van der Waals surface area contributed by atoms with Crippen LogP contribution in [-0.2, 0) is 27.7 Å². The number of amides is 1. The first kappa shape index (κ1) is 21.1. The Bertz CT molecular complexity index is 857. The molecule has 2 rings (SSSR count). The highest BCUT2D eigenvalue weighted by atomic mass is 32.2. The Kier molecular flexibility index (Phi) is 7.56. The van der Waals surface area contributed by atoms with E-state index >= 15 is 0 Å². The maximum atomic E-state index is 12.5. The van der Waals surface area contributed by atoms with Gasteiger partial charge in [-0.2, -0.15) is 4.31 Å². The molecule has 0 aliphatic rings. The van der Waals surface area contributed by atoms with E-state index in [1.54, 1.807) is 24.3 Å². The van der Waals surface area contributed by atoms with Crippen LogP contribution in [0.2, 0.25) is 0 Å². The van der Waals surface area contributed by atoms with Crippen molar-refractivity contribution in [3.05, 3.63) is 59.7 Å². The molecule has 5 nitrogen and oxygen atoms in total. The van der Waals surface area contributed by atoms with Gasteiger partial charge in [0.15, 0.2) is 0 Å². The Labute approximate surface area is 162 Å². The first-order valence-corrected chi connectivity index (χ1v) is 10.8. The van der Waals surface area contributed by atoms with Gasteiger partial charge in [-0.15, -0.1) is 0 Å². The molecule has 1 N–H and O–H groups in total. The normalized spacial score (nSPS) is 11.6. The summed E-state index contributed by atoms with van der Waals surface area (Å²) in [5.41, 5.74) is 2.90. The van der Waals surface area contributed by atoms with E-state index in [9.17, 15) is 13.2 Å². The molecule has 0 fully saturated rings. The summed E-state index contributed by atoms with van der Waals surface area (Å²) in [5.74, 6) is -0.0456. The van der Waals surface area contributed by atoms with E-state index in [0.717, 1.165) is 23.2 Å². The Morgan fingerprint density at radius 2 is 1.59 bits per heavy atom. The number of benzene rings is 2. The standard InChI is InChI=1S/C21H28N2O3S/c1-4-18-9-7-8-10-20(18)22-21(24)16-13-17-11-14-19(15-12-17)27(25,26)23(5-2)6-3/h7-12,14-15H,4-6,13,16H2,1-3H3,(H,22,24). The summed E-state index contributed by atoms with van der Waals surface area (Å²) in [5, 5.41) is 2.96. The summed E-state index contributed by atoms with van der Waals surface area (Å²) in [7, 11) is -3.44. The number of anilines is 1. The number of hydrogen-bond acceptors (Lipinski definition) is 3. The second kappa shape index (κ2) is 9.67. The molecular weight excluding hydrogens is 360 g/mol. The number of carbonyl (C=O) groups is 1. The number of carbonyl (C=O) groups excluding carboxylic acids is 1.